The molecule has 21 heavy (non-hydrogen) atoms. The molecule has 0 aromatic heterocycles. The van der Waals surface area contributed by atoms with Crippen LogP contribution in [0.1, 0.15) is 39.0 Å². The Kier molecular flexibility index (Phi) is 4.70. The molecule has 0 radical (unpaired) electrons. The zero-order chi connectivity index (χ0) is 15.7. The van der Waals surface area contributed by atoms with E-state index in [1.54, 1.807) is 0 Å². The van der Waals surface area contributed by atoms with Gasteiger partial charge in [-0.3, -0.25) is 4.79 Å². The van der Waals surface area contributed by atoms with E-state index in [0.717, 1.165) is 0 Å². The molecule has 0 aromatic carbocycles. The van der Waals surface area contributed by atoms with Crippen molar-refractivity contribution in [1.29, 1.82) is 0 Å². The third-order valence-electron chi connectivity index (χ3n) is 4.95. The van der Waals surface area contributed by atoms with Crippen LogP contribution < -0.4 is 0 Å². The Balaban J connectivity index is 2.28. The van der Waals surface area contributed by atoms with Crippen LogP contribution in [0.3, 0.4) is 0 Å². The van der Waals surface area contributed by atoms with Crippen molar-refractivity contribution in [1.82, 2.24) is 0 Å². The zero-order valence-corrected chi connectivity index (χ0v) is 12.6. The number of ketones is 1. The number of ether oxygens (including phenoxy) is 2. The van der Waals surface area contributed by atoms with Gasteiger partial charge in [0.05, 0.1) is 13.7 Å². The number of carbonyl (C=O) groups is 2. The third-order valence-corrected chi connectivity index (χ3v) is 4.95. The molecule has 2 rings (SSSR count). The van der Waals surface area contributed by atoms with Crippen molar-refractivity contribution in [3.63, 3.8) is 0 Å². The second kappa shape index (κ2) is 6.02. The molecular formula is C15H24O6. The van der Waals surface area contributed by atoms with Gasteiger partial charge in [-0.25, -0.2) is 4.79 Å². The van der Waals surface area contributed by atoms with Gasteiger partial charge in [-0.1, -0.05) is 13.3 Å². The average molecular weight is 300 g/mol. The number of aliphatic hydroxyl groups excluding tert-OH is 1. The SMILES string of the molecule is COC(=O)[C@]1(O)OC[C@@]2(C)CCC(=O)[C@@H](CCCCO)[C@H]21. The molecule has 120 valence electrons. The summed E-state index contributed by atoms with van der Waals surface area (Å²) in [4.78, 5) is 24.3. The lowest BCUT2D eigenvalue weighted by atomic mass is 9.60. The molecule has 0 unspecified atom stereocenters. The average Bonchev–Trinajstić information content (AvgIpc) is 2.75. The van der Waals surface area contributed by atoms with Crippen LogP contribution in [0.15, 0.2) is 0 Å². The maximum absolute atomic E-state index is 12.3. The van der Waals surface area contributed by atoms with Crippen LogP contribution >= 0.6 is 0 Å². The highest BCUT2D eigenvalue weighted by atomic mass is 16.7. The largest absolute Gasteiger partial charge is 0.465 e. The number of aliphatic hydroxyl groups is 2. The van der Waals surface area contributed by atoms with Crippen LogP contribution in [0.25, 0.3) is 0 Å². The molecule has 2 N–H and O–H groups in total. The van der Waals surface area contributed by atoms with Crippen LogP contribution in [0.5, 0.6) is 0 Å². The lowest BCUT2D eigenvalue weighted by Crippen LogP contribution is -2.54. The Morgan fingerprint density at radius 3 is 2.81 bits per heavy atom. The van der Waals surface area contributed by atoms with Crippen LogP contribution in [-0.4, -0.2) is 48.1 Å². The Morgan fingerprint density at radius 1 is 1.48 bits per heavy atom. The number of esters is 1. The summed E-state index contributed by atoms with van der Waals surface area (Å²) in [5.74, 6) is -3.83. The lowest BCUT2D eigenvalue weighted by molar-refractivity contribution is -0.228. The Morgan fingerprint density at radius 2 is 2.19 bits per heavy atom. The van der Waals surface area contributed by atoms with Crippen molar-refractivity contribution in [2.24, 2.45) is 17.3 Å². The normalized spacial score (nSPS) is 39.1. The fourth-order valence-corrected chi connectivity index (χ4v) is 3.83. The van der Waals surface area contributed by atoms with Crippen LogP contribution in [0, 0.1) is 17.3 Å². The summed E-state index contributed by atoms with van der Waals surface area (Å²) in [5.41, 5.74) is -0.402. The van der Waals surface area contributed by atoms with Gasteiger partial charge in [0.15, 0.2) is 0 Å². The smallest absolute Gasteiger partial charge is 0.366 e. The molecule has 0 amide bonds. The highest BCUT2D eigenvalue weighted by Crippen LogP contribution is 2.55. The van der Waals surface area contributed by atoms with Crippen LogP contribution in [0.4, 0.5) is 0 Å². The van der Waals surface area contributed by atoms with Crippen LogP contribution in [0.2, 0.25) is 0 Å². The number of hydrogen-bond donors (Lipinski definition) is 2. The van der Waals surface area contributed by atoms with E-state index < -0.39 is 29.0 Å². The predicted octanol–water partition coefficient (Wildman–Crippen LogP) is 0.642. The van der Waals surface area contributed by atoms with E-state index in [1.807, 2.05) is 6.92 Å². The van der Waals surface area contributed by atoms with Gasteiger partial charge in [-0.05, 0) is 19.3 Å². The minimum absolute atomic E-state index is 0.0586. The quantitative estimate of drug-likeness (QED) is 0.572. The van der Waals surface area contributed by atoms with Gasteiger partial charge < -0.3 is 19.7 Å². The van der Waals surface area contributed by atoms with E-state index in [1.165, 1.54) is 7.11 Å². The summed E-state index contributed by atoms with van der Waals surface area (Å²) in [6.07, 6.45) is 2.87. The van der Waals surface area contributed by atoms with E-state index in [0.29, 0.717) is 32.1 Å². The summed E-state index contributed by atoms with van der Waals surface area (Å²) in [6.45, 7) is 2.26. The first-order valence-electron chi connectivity index (χ1n) is 7.47. The van der Waals surface area contributed by atoms with Gasteiger partial charge >= 0.3 is 5.97 Å². The highest BCUT2D eigenvalue weighted by Gasteiger charge is 2.65. The number of rotatable bonds is 5. The Bertz CT molecular complexity index is 422. The Labute approximate surface area is 124 Å². The number of fused-ring (bicyclic) bond motifs is 1. The number of methoxy groups -OCH3 is 1. The number of hydrogen-bond acceptors (Lipinski definition) is 6. The van der Waals surface area contributed by atoms with E-state index in [2.05, 4.69) is 4.74 Å². The topological polar surface area (TPSA) is 93.1 Å². The number of unbranched alkanes of at least 4 members (excludes halogenated alkanes) is 1. The molecule has 6 nitrogen and oxygen atoms in total. The first-order chi connectivity index (χ1) is 9.89. The maximum Gasteiger partial charge on any atom is 0.366 e. The number of Topliss-reactive ketones (excluding diaryl/α,β-unsaturated/α-hetero) is 1. The monoisotopic (exact) mass is 300 g/mol. The van der Waals surface area contributed by atoms with Gasteiger partial charge in [-0.15, -0.1) is 0 Å². The molecular weight excluding hydrogens is 276 g/mol. The van der Waals surface area contributed by atoms with Crippen molar-refractivity contribution < 1.29 is 29.3 Å². The fraction of sp³-hybridized carbons (Fsp3) is 0.867. The summed E-state index contributed by atoms with van der Waals surface area (Å²) < 4.78 is 10.1. The summed E-state index contributed by atoms with van der Waals surface area (Å²) in [5, 5.41) is 19.6. The lowest BCUT2D eigenvalue weighted by Gasteiger charge is -2.42. The second-order valence-electron chi connectivity index (χ2n) is 6.40. The molecule has 6 heteroatoms. The minimum atomic E-state index is -2.04. The zero-order valence-electron chi connectivity index (χ0n) is 12.6. The molecule has 1 aliphatic heterocycles. The van der Waals surface area contributed by atoms with Crippen molar-refractivity contribution in [2.75, 3.05) is 20.3 Å². The van der Waals surface area contributed by atoms with E-state index in [-0.39, 0.29) is 19.0 Å². The molecule has 1 heterocycles. The van der Waals surface area contributed by atoms with Gasteiger partial charge in [-0.2, -0.15) is 0 Å². The molecule has 1 saturated carbocycles. The van der Waals surface area contributed by atoms with Gasteiger partial charge in [0.25, 0.3) is 5.79 Å². The van der Waals surface area contributed by atoms with Gasteiger partial charge in [0.1, 0.15) is 5.78 Å². The fourth-order valence-electron chi connectivity index (χ4n) is 3.83. The van der Waals surface area contributed by atoms with E-state index >= 15 is 0 Å². The molecule has 2 fully saturated rings. The van der Waals surface area contributed by atoms with Crippen molar-refractivity contribution in [2.45, 2.75) is 44.8 Å². The molecule has 1 saturated heterocycles. The van der Waals surface area contributed by atoms with Crippen molar-refractivity contribution in [3.05, 3.63) is 0 Å². The van der Waals surface area contributed by atoms with E-state index in [9.17, 15) is 14.7 Å². The first kappa shape index (κ1) is 16.4. The van der Waals surface area contributed by atoms with Gasteiger partial charge in [0, 0.05) is 30.3 Å². The number of carbonyl (C=O) groups excluding carboxylic acids is 2. The molecule has 4 atom stereocenters. The van der Waals surface area contributed by atoms with E-state index in [4.69, 9.17) is 9.84 Å². The Hall–Kier alpha value is -0.980. The molecule has 0 aromatic rings. The standard InChI is InChI=1S/C15H24O6/c1-14-7-6-11(17)10(5-3-4-8-16)12(14)15(19,21-9-14)13(18)20-2/h10,12,16,19H,3-9H2,1-2H3/t10-,12-,14-,15-/m1/s1. The molecule has 2 aliphatic rings. The van der Waals surface area contributed by atoms with Crippen molar-refractivity contribution in [3.8, 4) is 0 Å². The minimum Gasteiger partial charge on any atom is -0.465 e. The molecule has 0 spiro atoms. The molecule has 0 bridgehead atoms. The summed E-state index contributed by atoms with van der Waals surface area (Å²) in [7, 11) is 1.20. The van der Waals surface area contributed by atoms with Crippen LogP contribution in [-0.2, 0) is 19.1 Å². The summed E-state index contributed by atoms with van der Waals surface area (Å²) in [6, 6.07) is 0. The van der Waals surface area contributed by atoms with Gasteiger partial charge in [0.2, 0.25) is 0 Å². The summed E-state index contributed by atoms with van der Waals surface area (Å²) >= 11 is 0. The highest BCUT2D eigenvalue weighted by molar-refractivity contribution is 5.85. The first-order valence-corrected chi connectivity index (χ1v) is 7.47. The predicted molar refractivity (Wildman–Crippen MR) is 73.2 cm³/mol. The maximum atomic E-state index is 12.3. The third kappa shape index (κ3) is 2.72. The second-order valence-corrected chi connectivity index (χ2v) is 6.40. The van der Waals surface area contributed by atoms with Crippen molar-refractivity contribution >= 4 is 11.8 Å². The molecule has 1 aliphatic carbocycles.